The summed E-state index contributed by atoms with van der Waals surface area (Å²) in [7, 11) is 2.10. The topological polar surface area (TPSA) is 190 Å². The van der Waals surface area contributed by atoms with E-state index >= 15 is 0 Å². The first-order valence-electron chi connectivity index (χ1n) is 11.5. The molecule has 0 bridgehead atoms. The number of carboxylic acids is 1. The molecule has 4 heterocycles. The van der Waals surface area contributed by atoms with E-state index < -0.39 is 41.8 Å². The molecule has 3 aliphatic rings. The molecule has 0 aromatic carbocycles. The van der Waals surface area contributed by atoms with Crippen molar-refractivity contribution in [3.63, 3.8) is 0 Å². The number of hydrogen-bond donors (Lipinski definition) is 3. The van der Waals surface area contributed by atoms with Gasteiger partial charge in [-0.3, -0.25) is 19.9 Å². The van der Waals surface area contributed by atoms with Gasteiger partial charge in [0, 0.05) is 17.3 Å². The molecule has 18 heteroatoms. The van der Waals surface area contributed by atoms with Crippen LogP contribution in [0.15, 0.2) is 28.6 Å². The Labute approximate surface area is 237 Å². The number of oxime groups is 1. The van der Waals surface area contributed by atoms with E-state index in [9.17, 15) is 23.9 Å². The molecule has 2 fully saturated rings. The number of aromatic nitrogens is 2. The third-order valence-electron chi connectivity index (χ3n) is 6.45. The summed E-state index contributed by atoms with van der Waals surface area (Å²) < 4.78 is 17.1. The Morgan fingerprint density at radius 3 is 2.72 bits per heavy atom. The molecule has 14 nitrogen and oxygen atoms in total. The van der Waals surface area contributed by atoms with E-state index in [0.717, 1.165) is 47.1 Å². The molecule has 0 unspecified atom stereocenters. The molecule has 2 amide bonds. The van der Waals surface area contributed by atoms with Crippen molar-refractivity contribution in [2.75, 3.05) is 58.1 Å². The van der Waals surface area contributed by atoms with E-state index in [4.69, 9.17) is 11.1 Å². The number of carboxylic acid groups (broad SMARTS) is 1. The lowest BCUT2D eigenvalue weighted by molar-refractivity contribution is -0.907. The van der Waals surface area contributed by atoms with Crippen LogP contribution in [0.4, 0.5) is 9.52 Å². The van der Waals surface area contributed by atoms with Crippen LogP contribution in [0.2, 0.25) is 0 Å². The number of carbonyl (C=O) groups excluding carboxylic acids is 3. The molecule has 212 valence electrons. The van der Waals surface area contributed by atoms with Gasteiger partial charge >= 0.3 is 0 Å². The molecule has 0 saturated carbocycles. The summed E-state index contributed by atoms with van der Waals surface area (Å²) in [4.78, 5) is 49.0. The van der Waals surface area contributed by atoms with Gasteiger partial charge in [0.1, 0.15) is 11.4 Å². The first-order valence-corrected chi connectivity index (χ1v) is 13.3. The number of nitrogens with zero attached hydrogens (tertiary/aromatic N) is 6. The second-order valence-corrected chi connectivity index (χ2v) is 10.9. The Hall–Kier alpha value is -3.28. The number of thioether (sulfide) groups is 1. The van der Waals surface area contributed by atoms with Crippen LogP contribution in [-0.4, -0.2) is 117 Å². The number of carbonyl (C=O) groups is 3. The van der Waals surface area contributed by atoms with Crippen LogP contribution in [-0.2, 0) is 19.2 Å². The molecule has 0 aliphatic carbocycles. The van der Waals surface area contributed by atoms with Crippen LogP contribution >= 0.6 is 35.7 Å². The fourth-order valence-corrected chi connectivity index (χ4v) is 6.05. The maximum atomic E-state index is 12.9. The molecule has 4 rings (SSSR count). The number of anilines is 1. The summed E-state index contributed by atoms with van der Waals surface area (Å²) in [5.74, 6) is -2.95. The van der Waals surface area contributed by atoms with Crippen LogP contribution in [0.3, 0.4) is 0 Å². The lowest BCUT2D eigenvalue weighted by Gasteiger charge is -2.50. The van der Waals surface area contributed by atoms with Gasteiger partial charge < -0.3 is 35.2 Å². The van der Waals surface area contributed by atoms with Gasteiger partial charge in [0.15, 0.2) is 5.13 Å². The minimum absolute atomic E-state index is 0. The standard InChI is InChI=1S/C21H26FN9O5S2.ClH/c1-31(7-4-29(11-23)5-8-31)6-2-3-12-9-37-19-14(18(33)30(19)15(12)20(34)35)25-17(32)13(27-36-10-22)16-26-21(24)38-28-16;/h2-3,11,14,19,23H,4-10H2,1H3,(H3-,24,25,26,28,32,34,35);1H/b3-2+,23-11?,27-13-;/t14-,19-;/m1./s1. The van der Waals surface area contributed by atoms with Crippen molar-refractivity contribution in [3.8, 4) is 0 Å². The van der Waals surface area contributed by atoms with Gasteiger partial charge in [-0.2, -0.15) is 9.36 Å². The normalized spacial score (nSPS) is 22.6. The minimum Gasteiger partial charge on any atom is -0.543 e. The average molecular weight is 604 g/mol. The number of likely N-dealkylation sites (N-methyl/N-ethyl adjacent to an activating group) is 1. The number of nitrogen functional groups attached to an aromatic ring is 1. The van der Waals surface area contributed by atoms with Crippen molar-refractivity contribution in [2.45, 2.75) is 11.4 Å². The number of piperazine rings is 1. The number of rotatable bonds is 10. The van der Waals surface area contributed by atoms with Crippen molar-refractivity contribution in [2.24, 2.45) is 5.16 Å². The van der Waals surface area contributed by atoms with Crippen molar-refractivity contribution >= 4 is 70.7 Å². The van der Waals surface area contributed by atoms with Crippen molar-refractivity contribution < 1.29 is 33.2 Å². The zero-order valence-electron chi connectivity index (χ0n) is 20.7. The number of β-lactam (4-membered cyclic amide) rings is 1. The lowest BCUT2D eigenvalue weighted by atomic mass is 10.0. The van der Waals surface area contributed by atoms with Crippen LogP contribution in [0.5, 0.6) is 0 Å². The lowest BCUT2D eigenvalue weighted by Crippen LogP contribution is -2.71. The summed E-state index contributed by atoms with van der Waals surface area (Å²) >= 11 is 2.08. The van der Waals surface area contributed by atoms with Crippen LogP contribution in [0.25, 0.3) is 0 Å². The Bertz CT molecular complexity index is 1220. The SMILES string of the molecule is C[N+]1(C/C=C/C2=C(C(=O)[O-])N3C(=O)[C@@H](NC(=O)/C(=N\OCF)c4nsc(N)n4)[C@H]3SC2)CCN(C=N)CC1.Cl. The van der Waals surface area contributed by atoms with Gasteiger partial charge in [0.25, 0.3) is 18.7 Å². The smallest absolute Gasteiger partial charge is 0.278 e. The van der Waals surface area contributed by atoms with Gasteiger partial charge in [-0.1, -0.05) is 11.2 Å². The van der Waals surface area contributed by atoms with Gasteiger partial charge in [-0.15, -0.1) is 24.2 Å². The van der Waals surface area contributed by atoms with Crippen LogP contribution in [0, 0.1) is 5.41 Å². The number of hydrogen-bond acceptors (Lipinski definition) is 12. The number of fused-ring (bicyclic) bond motifs is 1. The fraction of sp³-hybridized carbons (Fsp3) is 0.476. The fourth-order valence-electron chi connectivity index (χ4n) is 4.30. The largest absolute Gasteiger partial charge is 0.543 e. The van der Waals surface area contributed by atoms with Gasteiger partial charge in [-0.25, -0.2) is 4.39 Å². The Morgan fingerprint density at radius 1 is 1.41 bits per heavy atom. The van der Waals surface area contributed by atoms with E-state index in [-0.39, 0.29) is 34.8 Å². The molecule has 1 aromatic heterocycles. The number of amides is 2. The highest BCUT2D eigenvalue weighted by Crippen LogP contribution is 2.40. The Kier molecular flexibility index (Phi) is 9.87. The molecule has 3 aliphatic heterocycles. The Morgan fingerprint density at radius 2 is 2.13 bits per heavy atom. The number of nitrogens with two attached hydrogens (primary N) is 1. The summed E-state index contributed by atoms with van der Waals surface area (Å²) in [6, 6.07) is -1.06. The summed E-state index contributed by atoms with van der Waals surface area (Å²) in [6.07, 6.45) is 4.93. The summed E-state index contributed by atoms with van der Waals surface area (Å²) in [5.41, 5.74) is 5.27. The molecular weight excluding hydrogens is 577 g/mol. The number of alkyl halides is 1. The van der Waals surface area contributed by atoms with Crippen molar-refractivity contribution in [1.29, 1.82) is 5.41 Å². The van der Waals surface area contributed by atoms with E-state index in [0.29, 0.717) is 12.1 Å². The molecular formula is C21H27ClFN9O5S2. The number of halogens is 2. The molecule has 4 N–H and O–H groups in total. The second-order valence-electron chi connectivity index (χ2n) is 8.97. The van der Waals surface area contributed by atoms with E-state index in [1.54, 1.807) is 6.08 Å². The van der Waals surface area contributed by atoms with Gasteiger partial charge in [0.2, 0.25) is 11.5 Å². The van der Waals surface area contributed by atoms with E-state index in [1.165, 1.54) is 18.1 Å². The summed E-state index contributed by atoms with van der Waals surface area (Å²) in [6.45, 7) is 2.59. The minimum atomic E-state index is -1.49. The highest BCUT2D eigenvalue weighted by atomic mass is 35.5. The Balaban J connectivity index is 0.00000420. The van der Waals surface area contributed by atoms with E-state index in [1.807, 2.05) is 11.0 Å². The quantitative estimate of drug-likeness (QED) is 0.0934. The molecule has 1 aromatic rings. The number of aliphatic carboxylic acids is 1. The average Bonchev–Trinajstić information content (AvgIpc) is 3.33. The third-order valence-corrected chi connectivity index (χ3v) is 8.30. The van der Waals surface area contributed by atoms with Gasteiger partial charge in [0.05, 0.1) is 57.8 Å². The molecule has 0 radical (unpaired) electrons. The predicted molar refractivity (Wildman–Crippen MR) is 143 cm³/mol. The van der Waals surface area contributed by atoms with Crippen LogP contribution < -0.4 is 16.2 Å². The number of quaternary nitrogens is 1. The van der Waals surface area contributed by atoms with Crippen molar-refractivity contribution in [3.05, 3.63) is 29.2 Å². The molecule has 2 atom stereocenters. The maximum Gasteiger partial charge on any atom is 0.278 e. The molecule has 2 saturated heterocycles. The maximum absolute atomic E-state index is 12.9. The first-order chi connectivity index (χ1) is 18.2. The predicted octanol–water partition coefficient (Wildman–Crippen LogP) is -1.48. The van der Waals surface area contributed by atoms with Crippen molar-refractivity contribution in [1.82, 2.24) is 24.5 Å². The molecule has 0 spiro atoms. The highest BCUT2D eigenvalue weighted by molar-refractivity contribution is 8.00. The summed E-state index contributed by atoms with van der Waals surface area (Å²) in [5, 5.41) is 24.6. The number of allylic oxidation sites excluding steroid dienone is 1. The number of nitrogens with one attached hydrogen (secondary N) is 2. The van der Waals surface area contributed by atoms with E-state index in [2.05, 4.69) is 31.7 Å². The highest BCUT2D eigenvalue weighted by Gasteiger charge is 2.53. The van der Waals surface area contributed by atoms with Gasteiger partial charge in [-0.05, 0) is 11.6 Å². The molecule has 39 heavy (non-hydrogen) atoms. The third kappa shape index (κ3) is 6.48. The van der Waals surface area contributed by atoms with Crippen LogP contribution in [0.1, 0.15) is 5.82 Å². The zero-order valence-corrected chi connectivity index (χ0v) is 23.2. The monoisotopic (exact) mass is 603 g/mol. The zero-order chi connectivity index (χ0) is 27.4. The first kappa shape index (κ1) is 30.3. The second kappa shape index (κ2) is 12.7.